The molecule has 0 heterocycles. The van der Waals surface area contributed by atoms with E-state index in [9.17, 15) is 48.7 Å². The normalized spacial score (nSPS) is 12.3. The van der Waals surface area contributed by atoms with Gasteiger partial charge in [0.15, 0.2) is 46.5 Å². The third kappa shape index (κ3) is 4.40. The van der Waals surface area contributed by atoms with Gasteiger partial charge in [-0.25, -0.2) is 48.7 Å². The smallest absolute Gasteiger partial charge is 0.385 e. The van der Waals surface area contributed by atoms with Gasteiger partial charge in [0.1, 0.15) is 5.56 Å². The summed E-state index contributed by atoms with van der Waals surface area (Å²) < 4.78 is 146. The summed E-state index contributed by atoms with van der Waals surface area (Å²) in [5.74, 6) is -25.7. The van der Waals surface area contributed by atoms with Crippen LogP contribution in [0, 0.1) is 58.2 Å². The highest BCUT2D eigenvalue weighted by Gasteiger charge is 2.45. The molecule has 2 rings (SSSR count). The monoisotopic (exact) mass is 510 g/mol. The summed E-state index contributed by atoms with van der Waals surface area (Å²) >= 11 is 0. The molecule has 0 saturated heterocycles. The van der Waals surface area contributed by atoms with E-state index < -0.39 is 91.8 Å². The maximum Gasteiger partial charge on any atom is 0.385 e. The third-order valence-electron chi connectivity index (χ3n) is 4.07. The first-order valence-electron chi connectivity index (χ1n) is 8.41. The number of hydrogen-bond donors (Lipinski definition) is 0. The average molecular weight is 510 g/mol. The second kappa shape index (κ2) is 8.51. The number of benzene rings is 2. The molecule has 2 aromatic carbocycles. The molecule has 15 heteroatoms. The molecule has 176 valence electrons. The van der Waals surface area contributed by atoms with Crippen LogP contribution in [0.4, 0.5) is 43.9 Å². The lowest BCUT2D eigenvalue weighted by Gasteiger charge is -2.33. The van der Waals surface area contributed by atoms with Crippen molar-refractivity contribution in [3.05, 3.63) is 63.7 Å². The minimum Gasteiger partial charge on any atom is -0.491 e. The van der Waals surface area contributed by atoms with Crippen LogP contribution < -0.4 is 5.19 Å². The van der Waals surface area contributed by atoms with Gasteiger partial charge in [-0.05, 0) is 26.2 Å². The highest BCUT2D eigenvalue weighted by molar-refractivity contribution is 6.91. The molecule has 0 fully saturated rings. The van der Waals surface area contributed by atoms with Gasteiger partial charge in [0.2, 0.25) is 20.0 Å². The van der Waals surface area contributed by atoms with E-state index in [0.717, 1.165) is 26.2 Å². The van der Waals surface area contributed by atoms with Crippen LogP contribution in [0.1, 0.15) is 10.4 Å². The summed E-state index contributed by atoms with van der Waals surface area (Å²) in [6.07, 6.45) is 0. The zero-order valence-corrected chi connectivity index (χ0v) is 18.5. The minimum atomic E-state index is -4.12. The van der Waals surface area contributed by atoms with Gasteiger partial charge in [0, 0.05) is 5.19 Å². The molecule has 32 heavy (non-hydrogen) atoms. The molecular formula is C17H12F10O3Si2. The standard InChI is InChI=1S/C17H12F10O3Si2/c1-31(2,16-14(26)12(24)11(23)13(25)15(16)27)30-32(3,4)29-17(28)5-6(18)8(20)10(22)9(21)7(5)19/h1-4H3. The van der Waals surface area contributed by atoms with E-state index >= 15 is 0 Å². The van der Waals surface area contributed by atoms with Crippen molar-refractivity contribution in [3.8, 4) is 0 Å². The molecule has 0 aliphatic heterocycles. The van der Waals surface area contributed by atoms with Crippen LogP contribution in [0.15, 0.2) is 0 Å². The summed E-state index contributed by atoms with van der Waals surface area (Å²) in [6.45, 7) is 3.92. The number of rotatable bonds is 5. The molecule has 0 radical (unpaired) electrons. The van der Waals surface area contributed by atoms with E-state index in [-0.39, 0.29) is 0 Å². The fourth-order valence-electron chi connectivity index (χ4n) is 2.88. The lowest BCUT2D eigenvalue weighted by atomic mass is 10.1. The molecule has 0 aliphatic carbocycles. The van der Waals surface area contributed by atoms with Crippen molar-refractivity contribution < 1.29 is 57.2 Å². The second-order valence-corrected chi connectivity index (χ2v) is 14.6. The van der Waals surface area contributed by atoms with Crippen LogP contribution in [-0.4, -0.2) is 22.8 Å². The lowest BCUT2D eigenvalue weighted by molar-refractivity contribution is 0.0677. The number of carbonyl (C=O) groups is 1. The van der Waals surface area contributed by atoms with Crippen molar-refractivity contribution in [2.45, 2.75) is 26.2 Å². The Labute approximate surface area is 175 Å². The van der Waals surface area contributed by atoms with E-state index in [4.69, 9.17) is 8.54 Å². The van der Waals surface area contributed by atoms with Crippen LogP contribution in [0.3, 0.4) is 0 Å². The molecule has 2 aromatic rings. The SMILES string of the molecule is C[Si](C)(OC(=O)c1c(F)c(F)c(F)c(F)c1F)O[Si](C)(C)c1c(F)c(F)c(F)c(F)c1F. The van der Waals surface area contributed by atoms with Crippen molar-refractivity contribution >= 4 is 28.0 Å². The fraction of sp³-hybridized carbons (Fsp3) is 0.235. The van der Waals surface area contributed by atoms with Gasteiger partial charge >= 0.3 is 14.5 Å². The summed E-state index contributed by atoms with van der Waals surface area (Å²) in [6, 6.07) is 0. The van der Waals surface area contributed by atoms with Crippen LogP contribution in [0.25, 0.3) is 0 Å². The first kappa shape index (κ1) is 25.9. The Balaban J connectivity index is 2.45. The highest BCUT2D eigenvalue weighted by atomic mass is 28.4. The van der Waals surface area contributed by atoms with Crippen LogP contribution in [-0.2, 0) is 8.54 Å². The van der Waals surface area contributed by atoms with Gasteiger partial charge in [-0.3, -0.25) is 0 Å². The van der Waals surface area contributed by atoms with E-state index in [1.807, 2.05) is 0 Å². The van der Waals surface area contributed by atoms with E-state index in [1.165, 1.54) is 0 Å². The van der Waals surface area contributed by atoms with E-state index in [0.29, 0.717) is 0 Å². The molecule has 0 spiro atoms. The van der Waals surface area contributed by atoms with Crippen LogP contribution >= 0.6 is 0 Å². The summed E-state index contributed by atoms with van der Waals surface area (Å²) in [4.78, 5) is 12.1. The van der Waals surface area contributed by atoms with Gasteiger partial charge in [0.25, 0.3) is 0 Å². The molecular weight excluding hydrogens is 498 g/mol. The van der Waals surface area contributed by atoms with Crippen LogP contribution in [0.5, 0.6) is 0 Å². The largest absolute Gasteiger partial charge is 0.491 e. The van der Waals surface area contributed by atoms with Crippen LogP contribution in [0.2, 0.25) is 26.2 Å². The molecule has 0 N–H and O–H groups in total. The number of hydrogen-bond acceptors (Lipinski definition) is 3. The maximum atomic E-state index is 14.2. The molecule has 0 amide bonds. The van der Waals surface area contributed by atoms with Crippen molar-refractivity contribution in [3.63, 3.8) is 0 Å². The van der Waals surface area contributed by atoms with Crippen molar-refractivity contribution in [2.75, 3.05) is 0 Å². The van der Waals surface area contributed by atoms with Gasteiger partial charge in [-0.1, -0.05) is 0 Å². The predicted octanol–water partition coefficient (Wildman–Crippen LogP) is 5.07. The zero-order chi connectivity index (χ0) is 24.9. The first-order chi connectivity index (χ1) is 14.4. The first-order valence-corrected chi connectivity index (χ1v) is 14.1. The Bertz CT molecular complexity index is 1060. The molecule has 0 saturated carbocycles. The number of carbonyl (C=O) groups excluding carboxylic acids is 1. The van der Waals surface area contributed by atoms with E-state index in [2.05, 4.69) is 0 Å². The molecule has 0 aromatic heterocycles. The molecule has 0 atom stereocenters. The maximum absolute atomic E-state index is 14.2. The molecule has 0 bridgehead atoms. The zero-order valence-electron chi connectivity index (χ0n) is 16.5. The number of halogens is 10. The minimum absolute atomic E-state index is 0.978. The van der Waals surface area contributed by atoms with Crippen molar-refractivity contribution in [2.24, 2.45) is 0 Å². The highest BCUT2D eigenvalue weighted by Crippen LogP contribution is 2.27. The Morgan fingerprint density at radius 3 is 1.25 bits per heavy atom. The van der Waals surface area contributed by atoms with E-state index in [1.54, 1.807) is 0 Å². The Kier molecular flexibility index (Phi) is 6.88. The Hall–Kier alpha value is -2.40. The third-order valence-corrected chi connectivity index (χ3v) is 10.4. The van der Waals surface area contributed by atoms with Gasteiger partial charge in [-0.15, -0.1) is 0 Å². The fourth-order valence-corrected chi connectivity index (χ4v) is 10.2. The predicted molar refractivity (Wildman–Crippen MR) is 93.6 cm³/mol. The topological polar surface area (TPSA) is 35.5 Å². The van der Waals surface area contributed by atoms with Gasteiger partial charge < -0.3 is 8.54 Å². The lowest BCUT2D eigenvalue weighted by Crippen LogP contribution is -2.57. The van der Waals surface area contributed by atoms with Gasteiger partial charge in [-0.2, -0.15) is 0 Å². The van der Waals surface area contributed by atoms with Crippen molar-refractivity contribution in [1.29, 1.82) is 0 Å². The Morgan fingerprint density at radius 2 is 0.875 bits per heavy atom. The molecule has 3 nitrogen and oxygen atoms in total. The Morgan fingerprint density at radius 1 is 0.562 bits per heavy atom. The average Bonchev–Trinajstić information content (AvgIpc) is 2.66. The quantitative estimate of drug-likeness (QED) is 0.244. The molecule has 0 aliphatic rings. The molecule has 0 unspecified atom stereocenters. The summed E-state index contributed by atoms with van der Waals surface area (Å²) in [7, 11) is -8.21. The second-order valence-electron chi connectivity index (χ2n) is 7.29. The summed E-state index contributed by atoms with van der Waals surface area (Å²) in [5, 5.41) is -1.30. The summed E-state index contributed by atoms with van der Waals surface area (Å²) in [5.41, 5.74) is -1.94. The van der Waals surface area contributed by atoms with Gasteiger partial charge in [0.05, 0.1) is 0 Å². The van der Waals surface area contributed by atoms with Crippen molar-refractivity contribution in [1.82, 2.24) is 0 Å².